The van der Waals surface area contributed by atoms with Gasteiger partial charge in [0.15, 0.2) is 0 Å². The van der Waals surface area contributed by atoms with E-state index < -0.39 is 0 Å². The van der Waals surface area contributed by atoms with Crippen molar-refractivity contribution in [3.05, 3.63) is 0 Å². The summed E-state index contributed by atoms with van der Waals surface area (Å²) < 4.78 is 10.5. The monoisotopic (exact) mass is 201 g/mol. The quantitative estimate of drug-likeness (QED) is 0.644. The summed E-state index contributed by atoms with van der Waals surface area (Å²) in [6.07, 6.45) is 2.84. The van der Waals surface area contributed by atoms with Gasteiger partial charge in [-0.15, -0.1) is 0 Å². The van der Waals surface area contributed by atoms with Gasteiger partial charge in [0.05, 0.1) is 12.7 Å². The minimum absolute atomic E-state index is 0.0500. The van der Waals surface area contributed by atoms with Gasteiger partial charge in [-0.2, -0.15) is 0 Å². The Morgan fingerprint density at radius 2 is 2.50 bits per heavy atom. The first-order valence-corrected chi connectivity index (χ1v) is 5.29. The van der Waals surface area contributed by atoms with E-state index in [9.17, 15) is 4.79 Å². The number of ether oxygens (including phenoxy) is 2. The van der Waals surface area contributed by atoms with Crippen LogP contribution < -0.4 is 5.32 Å². The zero-order valence-electron chi connectivity index (χ0n) is 8.75. The number of carbonyl (C=O) groups is 1. The molecule has 0 spiro atoms. The number of nitrogens with one attached hydrogen (secondary N) is 1. The average molecular weight is 201 g/mol. The van der Waals surface area contributed by atoms with Crippen molar-refractivity contribution in [2.75, 3.05) is 26.4 Å². The summed E-state index contributed by atoms with van der Waals surface area (Å²) in [6.45, 7) is 4.57. The second-order valence-electron chi connectivity index (χ2n) is 3.39. The van der Waals surface area contributed by atoms with Crippen molar-refractivity contribution in [1.29, 1.82) is 0 Å². The number of amides is 1. The lowest BCUT2D eigenvalue weighted by molar-refractivity contribution is -0.122. The smallest absolute Gasteiger partial charge is 0.222 e. The molecule has 0 aromatic heterocycles. The van der Waals surface area contributed by atoms with Crippen LogP contribution in [-0.4, -0.2) is 38.4 Å². The molecule has 4 heteroatoms. The summed E-state index contributed by atoms with van der Waals surface area (Å²) >= 11 is 0. The third kappa shape index (κ3) is 4.58. The van der Waals surface area contributed by atoms with E-state index in [4.69, 9.17) is 9.47 Å². The largest absolute Gasteiger partial charge is 0.381 e. The summed E-state index contributed by atoms with van der Waals surface area (Å²) in [5.74, 6) is 0.0500. The lowest BCUT2D eigenvalue weighted by Gasteiger charge is -2.10. The Hall–Kier alpha value is -0.610. The first-order valence-electron chi connectivity index (χ1n) is 5.29. The van der Waals surface area contributed by atoms with Crippen LogP contribution >= 0.6 is 0 Å². The van der Waals surface area contributed by atoms with Crippen LogP contribution in [-0.2, 0) is 14.3 Å². The highest BCUT2D eigenvalue weighted by molar-refractivity contribution is 5.75. The topological polar surface area (TPSA) is 47.6 Å². The maximum Gasteiger partial charge on any atom is 0.222 e. The van der Waals surface area contributed by atoms with Crippen molar-refractivity contribution >= 4 is 5.91 Å². The van der Waals surface area contributed by atoms with E-state index in [0.29, 0.717) is 26.2 Å². The molecule has 0 radical (unpaired) electrons. The van der Waals surface area contributed by atoms with Crippen molar-refractivity contribution in [2.45, 2.75) is 32.3 Å². The predicted octanol–water partition coefficient (Wildman–Crippen LogP) is 0.708. The molecule has 1 aliphatic heterocycles. The first-order chi connectivity index (χ1) is 6.83. The van der Waals surface area contributed by atoms with Crippen LogP contribution in [0, 0.1) is 0 Å². The minimum Gasteiger partial charge on any atom is -0.381 e. The van der Waals surface area contributed by atoms with E-state index in [1.807, 2.05) is 6.92 Å². The van der Waals surface area contributed by atoms with Gasteiger partial charge in [-0.3, -0.25) is 4.79 Å². The van der Waals surface area contributed by atoms with Gasteiger partial charge in [0.2, 0.25) is 5.91 Å². The SMILES string of the molecule is CCOCCC(=O)NCC1CCCO1. The molecule has 1 atom stereocenters. The molecule has 0 aromatic carbocycles. The second kappa shape index (κ2) is 6.79. The van der Waals surface area contributed by atoms with Crippen LogP contribution in [0.15, 0.2) is 0 Å². The standard InChI is InChI=1S/C10H19NO3/c1-2-13-7-5-10(12)11-8-9-4-3-6-14-9/h9H,2-8H2,1H3,(H,11,12). The Kier molecular flexibility index (Phi) is 5.56. The lowest BCUT2D eigenvalue weighted by atomic mass is 10.2. The van der Waals surface area contributed by atoms with Crippen molar-refractivity contribution in [3.63, 3.8) is 0 Å². The maximum absolute atomic E-state index is 11.2. The Morgan fingerprint density at radius 3 is 3.14 bits per heavy atom. The fraction of sp³-hybridized carbons (Fsp3) is 0.900. The average Bonchev–Trinajstić information content (AvgIpc) is 2.68. The highest BCUT2D eigenvalue weighted by Gasteiger charge is 2.15. The third-order valence-corrected chi connectivity index (χ3v) is 2.23. The molecule has 14 heavy (non-hydrogen) atoms. The van der Waals surface area contributed by atoms with Crippen LogP contribution in [0.5, 0.6) is 0 Å². The van der Waals surface area contributed by atoms with Gasteiger partial charge >= 0.3 is 0 Å². The normalized spacial score (nSPS) is 21.1. The summed E-state index contributed by atoms with van der Waals surface area (Å²) in [6, 6.07) is 0. The van der Waals surface area contributed by atoms with E-state index in [0.717, 1.165) is 19.4 Å². The second-order valence-corrected chi connectivity index (χ2v) is 3.39. The summed E-state index contributed by atoms with van der Waals surface area (Å²) in [7, 11) is 0. The fourth-order valence-electron chi connectivity index (χ4n) is 1.43. The van der Waals surface area contributed by atoms with Gasteiger partial charge < -0.3 is 14.8 Å². The first kappa shape index (κ1) is 11.5. The molecular weight excluding hydrogens is 182 g/mol. The molecule has 0 aliphatic carbocycles. The van der Waals surface area contributed by atoms with Crippen LogP contribution in [0.4, 0.5) is 0 Å². The van der Waals surface area contributed by atoms with Gasteiger partial charge in [0.1, 0.15) is 0 Å². The molecule has 0 bridgehead atoms. The van der Waals surface area contributed by atoms with Gasteiger partial charge in [0.25, 0.3) is 0 Å². The molecule has 1 unspecified atom stereocenters. The van der Waals surface area contributed by atoms with E-state index >= 15 is 0 Å². The molecule has 4 nitrogen and oxygen atoms in total. The Bertz CT molecular complexity index is 167. The van der Waals surface area contributed by atoms with Crippen molar-refractivity contribution < 1.29 is 14.3 Å². The van der Waals surface area contributed by atoms with Crippen LogP contribution in [0.25, 0.3) is 0 Å². The van der Waals surface area contributed by atoms with Gasteiger partial charge in [0, 0.05) is 26.2 Å². The zero-order valence-corrected chi connectivity index (χ0v) is 8.75. The van der Waals surface area contributed by atoms with E-state index in [2.05, 4.69) is 5.32 Å². The highest BCUT2D eigenvalue weighted by atomic mass is 16.5. The van der Waals surface area contributed by atoms with Crippen molar-refractivity contribution in [1.82, 2.24) is 5.32 Å². The zero-order chi connectivity index (χ0) is 10.2. The molecule has 1 heterocycles. The fourth-order valence-corrected chi connectivity index (χ4v) is 1.43. The summed E-state index contributed by atoms with van der Waals surface area (Å²) in [5, 5.41) is 2.84. The van der Waals surface area contributed by atoms with Crippen LogP contribution in [0.3, 0.4) is 0 Å². The molecular formula is C10H19NO3. The third-order valence-electron chi connectivity index (χ3n) is 2.23. The van der Waals surface area contributed by atoms with Crippen LogP contribution in [0.1, 0.15) is 26.2 Å². The van der Waals surface area contributed by atoms with Crippen LogP contribution in [0.2, 0.25) is 0 Å². The number of rotatable bonds is 6. The van der Waals surface area contributed by atoms with Crippen molar-refractivity contribution in [2.24, 2.45) is 0 Å². The van der Waals surface area contributed by atoms with E-state index in [1.54, 1.807) is 0 Å². The number of carbonyl (C=O) groups excluding carboxylic acids is 1. The number of hydrogen-bond donors (Lipinski definition) is 1. The highest BCUT2D eigenvalue weighted by Crippen LogP contribution is 2.10. The molecule has 1 rings (SSSR count). The molecule has 1 fully saturated rings. The Balaban J connectivity index is 1.96. The molecule has 82 valence electrons. The molecule has 1 saturated heterocycles. The minimum atomic E-state index is 0.0500. The maximum atomic E-state index is 11.2. The predicted molar refractivity (Wildman–Crippen MR) is 53.1 cm³/mol. The summed E-state index contributed by atoms with van der Waals surface area (Å²) in [5.41, 5.74) is 0. The number of hydrogen-bond acceptors (Lipinski definition) is 3. The Labute approximate surface area is 85.0 Å². The molecule has 1 amide bonds. The van der Waals surface area contributed by atoms with Gasteiger partial charge in [-0.1, -0.05) is 0 Å². The Morgan fingerprint density at radius 1 is 1.64 bits per heavy atom. The lowest BCUT2D eigenvalue weighted by Crippen LogP contribution is -2.32. The summed E-state index contributed by atoms with van der Waals surface area (Å²) in [4.78, 5) is 11.2. The van der Waals surface area contributed by atoms with E-state index in [1.165, 1.54) is 0 Å². The molecule has 0 aromatic rings. The van der Waals surface area contributed by atoms with Gasteiger partial charge in [-0.25, -0.2) is 0 Å². The molecule has 1 N–H and O–H groups in total. The van der Waals surface area contributed by atoms with Crippen molar-refractivity contribution in [3.8, 4) is 0 Å². The van der Waals surface area contributed by atoms with E-state index in [-0.39, 0.29) is 12.0 Å². The van der Waals surface area contributed by atoms with Gasteiger partial charge in [-0.05, 0) is 19.8 Å². The molecule has 1 aliphatic rings. The molecule has 0 saturated carbocycles.